The van der Waals surface area contributed by atoms with Gasteiger partial charge in [0.1, 0.15) is 0 Å². The molecule has 0 radical (unpaired) electrons. The number of amides is 1. The van der Waals surface area contributed by atoms with Crippen LogP contribution in [-0.4, -0.2) is 25.0 Å². The zero-order chi connectivity index (χ0) is 15.9. The largest absolute Gasteiger partial charge is 0.371 e. The Bertz CT molecular complexity index is 532. The van der Waals surface area contributed by atoms with Gasteiger partial charge in [0, 0.05) is 24.8 Å². The van der Waals surface area contributed by atoms with Gasteiger partial charge in [0.15, 0.2) is 0 Å². The minimum Gasteiger partial charge on any atom is -0.371 e. The van der Waals surface area contributed by atoms with Gasteiger partial charge in [-0.25, -0.2) is 0 Å². The molecule has 1 aliphatic rings. The number of carbonyl (C=O) groups excluding carboxylic acids is 1. The van der Waals surface area contributed by atoms with E-state index in [1.807, 2.05) is 24.3 Å². The summed E-state index contributed by atoms with van der Waals surface area (Å²) in [4.78, 5) is 14.6. The summed E-state index contributed by atoms with van der Waals surface area (Å²) in [6.07, 6.45) is 4.10. The smallest absolute Gasteiger partial charge is 0.225 e. The third kappa shape index (κ3) is 4.24. The van der Waals surface area contributed by atoms with Crippen molar-refractivity contribution in [2.24, 2.45) is 5.92 Å². The van der Waals surface area contributed by atoms with Gasteiger partial charge in [-0.1, -0.05) is 13.3 Å². The van der Waals surface area contributed by atoms with Crippen LogP contribution in [0, 0.1) is 17.2 Å². The second-order valence-electron chi connectivity index (χ2n) is 6.14. The zero-order valence-electron chi connectivity index (χ0n) is 13.5. The Kier molecular flexibility index (Phi) is 5.83. The standard InChI is InChI=1S/C18H25N3O/c1-3-5-14(2)20-18(22)16-6-4-11-21(13-16)17-9-7-15(12-19)8-10-17/h7-10,14,16H,3-6,11,13H2,1-2H3,(H,20,22). The van der Waals surface area contributed by atoms with Crippen molar-refractivity contribution in [2.45, 2.75) is 45.6 Å². The topological polar surface area (TPSA) is 56.1 Å². The van der Waals surface area contributed by atoms with Crippen molar-refractivity contribution in [1.29, 1.82) is 5.26 Å². The van der Waals surface area contributed by atoms with E-state index in [0.717, 1.165) is 44.5 Å². The molecule has 2 rings (SSSR count). The lowest BCUT2D eigenvalue weighted by atomic mass is 9.96. The zero-order valence-corrected chi connectivity index (χ0v) is 13.5. The monoisotopic (exact) mass is 299 g/mol. The highest BCUT2D eigenvalue weighted by molar-refractivity contribution is 5.79. The number of rotatable bonds is 5. The van der Waals surface area contributed by atoms with Crippen LogP contribution in [0.25, 0.3) is 0 Å². The normalized spacial score (nSPS) is 19.3. The SMILES string of the molecule is CCCC(C)NC(=O)C1CCCN(c2ccc(C#N)cc2)C1. The summed E-state index contributed by atoms with van der Waals surface area (Å²) in [5.41, 5.74) is 1.77. The number of nitrogens with zero attached hydrogens (tertiary/aromatic N) is 2. The molecule has 0 aliphatic carbocycles. The molecule has 2 unspecified atom stereocenters. The molecule has 1 N–H and O–H groups in total. The van der Waals surface area contributed by atoms with Crippen LogP contribution in [0.3, 0.4) is 0 Å². The van der Waals surface area contributed by atoms with Crippen molar-refractivity contribution in [1.82, 2.24) is 5.32 Å². The number of nitriles is 1. The van der Waals surface area contributed by atoms with Crippen LogP contribution in [0.5, 0.6) is 0 Å². The van der Waals surface area contributed by atoms with Crippen LogP contribution < -0.4 is 10.2 Å². The Labute approximate surface area is 133 Å². The number of carbonyl (C=O) groups is 1. The fourth-order valence-electron chi connectivity index (χ4n) is 3.04. The van der Waals surface area contributed by atoms with Gasteiger partial charge in [0.25, 0.3) is 0 Å². The summed E-state index contributed by atoms with van der Waals surface area (Å²) in [6.45, 7) is 5.94. The molecule has 0 aromatic heterocycles. The van der Waals surface area contributed by atoms with Gasteiger partial charge in [-0.2, -0.15) is 5.26 Å². The summed E-state index contributed by atoms with van der Waals surface area (Å²) in [7, 11) is 0. The van der Waals surface area contributed by atoms with E-state index in [9.17, 15) is 4.79 Å². The van der Waals surface area contributed by atoms with Crippen molar-refractivity contribution >= 4 is 11.6 Å². The lowest BCUT2D eigenvalue weighted by molar-refractivity contribution is -0.125. The molecule has 0 saturated carbocycles. The summed E-state index contributed by atoms with van der Waals surface area (Å²) in [6, 6.07) is 10.0. The van der Waals surface area contributed by atoms with Crippen LogP contribution in [0.15, 0.2) is 24.3 Å². The first-order valence-corrected chi connectivity index (χ1v) is 8.19. The highest BCUT2D eigenvalue weighted by atomic mass is 16.2. The number of piperidine rings is 1. The minimum atomic E-state index is 0.0590. The molecule has 0 spiro atoms. The van der Waals surface area contributed by atoms with Crippen molar-refractivity contribution in [2.75, 3.05) is 18.0 Å². The predicted molar refractivity (Wildman–Crippen MR) is 88.6 cm³/mol. The molecule has 4 heteroatoms. The number of anilines is 1. The highest BCUT2D eigenvalue weighted by Gasteiger charge is 2.26. The van der Waals surface area contributed by atoms with E-state index < -0.39 is 0 Å². The molecule has 1 fully saturated rings. The van der Waals surface area contributed by atoms with Gasteiger partial charge >= 0.3 is 0 Å². The molecule has 1 aliphatic heterocycles. The molecule has 22 heavy (non-hydrogen) atoms. The third-order valence-corrected chi connectivity index (χ3v) is 4.26. The first-order valence-electron chi connectivity index (χ1n) is 8.19. The Morgan fingerprint density at radius 1 is 1.45 bits per heavy atom. The van der Waals surface area contributed by atoms with Crippen LogP contribution in [0.4, 0.5) is 5.69 Å². The molecule has 2 atom stereocenters. The minimum absolute atomic E-state index is 0.0590. The van der Waals surface area contributed by atoms with Crippen LogP contribution in [0.2, 0.25) is 0 Å². The Balaban J connectivity index is 1.96. The molecular formula is C18H25N3O. The van der Waals surface area contributed by atoms with E-state index in [4.69, 9.17) is 5.26 Å². The summed E-state index contributed by atoms with van der Waals surface area (Å²) >= 11 is 0. The maximum absolute atomic E-state index is 12.4. The molecule has 1 amide bonds. The van der Waals surface area contributed by atoms with Gasteiger partial charge in [0.05, 0.1) is 17.6 Å². The summed E-state index contributed by atoms with van der Waals surface area (Å²) in [5.74, 6) is 0.239. The summed E-state index contributed by atoms with van der Waals surface area (Å²) in [5, 5.41) is 12.0. The highest BCUT2D eigenvalue weighted by Crippen LogP contribution is 2.23. The molecule has 1 aromatic rings. The lowest BCUT2D eigenvalue weighted by Gasteiger charge is -2.34. The van der Waals surface area contributed by atoms with Gasteiger partial charge in [-0.15, -0.1) is 0 Å². The second-order valence-corrected chi connectivity index (χ2v) is 6.14. The number of hydrogen-bond acceptors (Lipinski definition) is 3. The van der Waals surface area contributed by atoms with Crippen molar-refractivity contribution < 1.29 is 4.79 Å². The first kappa shape index (κ1) is 16.4. The third-order valence-electron chi connectivity index (χ3n) is 4.26. The first-order chi connectivity index (χ1) is 10.6. The quantitative estimate of drug-likeness (QED) is 0.909. The van der Waals surface area contributed by atoms with Crippen LogP contribution >= 0.6 is 0 Å². The lowest BCUT2D eigenvalue weighted by Crippen LogP contribution is -2.45. The predicted octanol–water partition coefficient (Wildman–Crippen LogP) is 3.08. The van der Waals surface area contributed by atoms with E-state index in [1.54, 1.807) is 0 Å². The van der Waals surface area contributed by atoms with Crippen LogP contribution in [-0.2, 0) is 4.79 Å². The van der Waals surface area contributed by atoms with Crippen LogP contribution in [0.1, 0.15) is 45.1 Å². The molecule has 4 nitrogen and oxygen atoms in total. The number of nitrogens with one attached hydrogen (secondary N) is 1. The van der Waals surface area contributed by atoms with Gasteiger partial charge in [-0.3, -0.25) is 4.79 Å². The van der Waals surface area contributed by atoms with E-state index >= 15 is 0 Å². The number of hydrogen-bond donors (Lipinski definition) is 1. The Morgan fingerprint density at radius 3 is 2.82 bits per heavy atom. The maximum atomic E-state index is 12.4. The fourth-order valence-corrected chi connectivity index (χ4v) is 3.04. The van der Waals surface area contributed by atoms with Gasteiger partial charge in [-0.05, 0) is 50.5 Å². The van der Waals surface area contributed by atoms with Crippen molar-refractivity contribution in [3.63, 3.8) is 0 Å². The summed E-state index contributed by atoms with van der Waals surface area (Å²) < 4.78 is 0. The van der Waals surface area contributed by atoms with E-state index in [0.29, 0.717) is 5.56 Å². The van der Waals surface area contributed by atoms with Gasteiger partial charge in [0.2, 0.25) is 5.91 Å². The maximum Gasteiger partial charge on any atom is 0.225 e. The van der Waals surface area contributed by atoms with Crippen molar-refractivity contribution in [3.8, 4) is 6.07 Å². The molecule has 0 bridgehead atoms. The Hall–Kier alpha value is -2.02. The molecule has 1 aromatic carbocycles. The fraction of sp³-hybridized carbons (Fsp3) is 0.556. The van der Waals surface area contributed by atoms with E-state index in [2.05, 4.69) is 30.1 Å². The molecular weight excluding hydrogens is 274 g/mol. The average Bonchev–Trinajstić information content (AvgIpc) is 2.55. The average molecular weight is 299 g/mol. The molecule has 1 saturated heterocycles. The Morgan fingerprint density at radius 2 is 2.18 bits per heavy atom. The second kappa shape index (κ2) is 7.84. The molecule has 1 heterocycles. The number of benzene rings is 1. The molecule has 118 valence electrons. The van der Waals surface area contributed by atoms with E-state index in [1.165, 1.54) is 0 Å². The van der Waals surface area contributed by atoms with Gasteiger partial charge < -0.3 is 10.2 Å². The van der Waals surface area contributed by atoms with Crippen molar-refractivity contribution in [3.05, 3.63) is 29.8 Å². The van der Waals surface area contributed by atoms with E-state index in [-0.39, 0.29) is 17.9 Å².